The molecule has 0 heterocycles. The lowest BCUT2D eigenvalue weighted by Crippen LogP contribution is -2.38. The van der Waals surface area contributed by atoms with E-state index in [9.17, 15) is 13.2 Å². The minimum absolute atomic E-state index is 0. The molecule has 2 aromatic rings. The Bertz CT molecular complexity index is 873. The van der Waals surface area contributed by atoms with Crippen LogP contribution in [0.4, 0.5) is 13.2 Å². The van der Waals surface area contributed by atoms with E-state index in [0.717, 1.165) is 29.9 Å². The number of guanidine groups is 1. The predicted molar refractivity (Wildman–Crippen MR) is 120 cm³/mol. The fourth-order valence-corrected chi connectivity index (χ4v) is 2.49. The lowest BCUT2D eigenvalue weighted by Gasteiger charge is -2.11. The van der Waals surface area contributed by atoms with Gasteiger partial charge in [-0.25, -0.2) is 0 Å². The maximum atomic E-state index is 12.7. The third kappa shape index (κ3) is 8.23. The standard InChI is InChI=1S/C21H22F3N3O.HI/c1-25-20(27-14-12-17-9-3-4-11-19(17)28-2)26-13-6-8-16-7-5-10-18(15-16)21(22,23)24;/h3-5,7,9-11,15H,12-14H2,1-2H3,(H2,25,26,27);1H. The van der Waals surface area contributed by atoms with Crippen LogP contribution in [0.1, 0.15) is 16.7 Å². The first-order valence-corrected chi connectivity index (χ1v) is 8.66. The minimum atomic E-state index is -4.37. The first-order chi connectivity index (χ1) is 13.4. The molecule has 0 aliphatic heterocycles. The average Bonchev–Trinajstić information content (AvgIpc) is 2.69. The van der Waals surface area contributed by atoms with Gasteiger partial charge in [-0.2, -0.15) is 13.2 Å². The summed E-state index contributed by atoms with van der Waals surface area (Å²) in [7, 11) is 3.27. The highest BCUT2D eigenvalue weighted by Crippen LogP contribution is 2.29. The Morgan fingerprint density at radius 2 is 1.86 bits per heavy atom. The quantitative estimate of drug-likeness (QED) is 0.272. The van der Waals surface area contributed by atoms with E-state index in [1.807, 2.05) is 24.3 Å². The molecule has 2 aromatic carbocycles. The Hall–Kier alpha value is -2.41. The predicted octanol–water partition coefficient (Wildman–Crippen LogP) is 4.09. The normalized spacial score (nSPS) is 11.0. The molecule has 156 valence electrons. The van der Waals surface area contributed by atoms with Gasteiger partial charge in [0, 0.05) is 19.2 Å². The largest absolute Gasteiger partial charge is 0.496 e. The highest BCUT2D eigenvalue weighted by atomic mass is 127. The first-order valence-electron chi connectivity index (χ1n) is 8.66. The number of rotatable bonds is 5. The van der Waals surface area contributed by atoms with Crippen molar-refractivity contribution in [3.63, 3.8) is 0 Å². The molecule has 2 N–H and O–H groups in total. The van der Waals surface area contributed by atoms with Gasteiger partial charge in [0.25, 0.3) is 0 Å². The fraction of sp³-hybridized carbons (Fsp3) is 0.286. The van der Waals surface area contributed by atoms with Gasteiger partial charge in [0.2, 0.25) is 0 Å². The Morgan fingerprint density at radius 3 is 2.55 bits per heavy atom. The number of alkyl halides is 3. The van der Waals surface area contributed by atoms with Crippen LogP contribution in [0.25, 0.3) is 0 Å². The number of para-hydroxylation sites is 1. The van der Waals surface area contributed by atoms with E-state index in [-0.39, 0.29) is 30.5 Å². The van der Waals surface area contributed by atoms with Crippen molar-refractivity contribution < 1.29 is 17.9 Å². The number of nitrogens with zero attached hydrogens (tertiary/aromatic N) is 1. The van der Waals surface area contributed by atoms with Crippen molar-refractivity contribution in [3.05, 3.63) is 65.2 Å². The molecule has 0 aliphatic carbocycles. The van der Waals surface area contributed by atoms with E-state index in [1.165, 1.54) is 6.07 Å². The van der Waals surface area contributed by atoms with E-state index in [0.29, 0.717) is 18.1 Å². The molecular formula is C21H23F3IN3O. The lowest BCUT2D eigenvalue weighted by atomic mass is 10.1. The summed E-state index contributed by atoms with van der Waals surface area (Å²) >= 11 is 0. The van der Waals surface area contributed by atoms with Crippen LogP contribution in [0, 0.1) is 11.8 Å². The summed E-state index contributed by atoms with van der Waals surface area (Å²) < 4.78 is 43.4. The first kappa shape index (κ1) is 24.6. The van der Waals surface area contributed by atoms with Crippen molar-refractivity contribution in [2.24, 2.45) is 4.99 Å². The van der Waals surface area contributed by atoms with Gasteiger partial charge in [-0.05, 0) is 36.2 Å². The highest BCUT2D eigenvalue weighted by Gasteiger charge is 2.30. The highest BCUT2D eigenvalue weighted by molar-refractivity contribution is 14.0. The third-order valence-corrected chi connectivity index (χ3v) is 3.87. The van der Waals surface area contributed by atoms with Crippen LogP contribution in [0.3, 0.4) is 0 Å². The van der Waals surface area contributed by atoms with Gasteiger partial charge in [0.05, 0.1) is 19.2 Å². The van der Waals surface area contributed by atoms with Crippen molar-refractivity contribution in [1.82, 2.24) is 10.6 Å². The number of halogens is 4. The summed E-state index contributed by atoms with van der Waals surface area (Å²) in [5, 5.41) is 6.17. The van der Waals surface area contributed by atoms with Crippen molar-refractivity contribution in [2.45, 2.75) is 12.6 Å². The van der Waals surface area contributed by atoms with Crippen LogP contribution in [0.15, 0.2) is 53.5 Å². The molecule has 0 saturated carbocycles. The van der Waals surface area contributed by atoms with Gasteiger partial charge in [0.1, 0.15) is 5.75 Å². The Labute approximate surface area is 186 Å². The minimum Gasteiger partial charge on any atom is -0.496 e. The van der Waals surface area contributed by atoms with Gasteiger partial charge in [0.15, 0.2) is 5.96 Å². The molecule has 2 rings (SSSR count). The van der Waals surface area contributed by atoms with Crippen LogP contribution < -0.4 is 15.4 Å². The van der Waals surface area contributed by atoms with Gasteiger partial charge < -0.3 is 15.4 Å². The van der Waals surface area contributed by atoms with E-state index in [4.69, 9.17) is 4.74 Å². The van der Waals surface area contributed by atoms with Crippen molar-refractivity contribution in [3.8, 4) is 17.6 Å². The SMILES string of the molecule is CN=C(NCC#Cc1cccc(C(F)(F)F)c1)NCCc1ccccc1OC.I. The second-order valence-corrected chi connectivity index (χ2v) is 5.79. The number of benzene rings is 2. The molecule has 0 radical (unpaired) electrons. The van der Waals surface area contributed by atoms with Gasteiger partial charge in [-0.15, -0.1) is 24.0 Å². The molecule has 0 aromatic heterocycles. The maximum absolute atomic E-state index is 12.7. The zero-order valence-corrected chi connectivity index (χ0v) is 18.5. The molecule has 0 unspecified atom stereocenters. The van der Waals surface area contributed by atoms with E-state index in [2.05, 4.69) is 27.5 Å². The van der Waals surface area contributed by atoms with Crippen LogP contribution >= 0.6 is 24.0 Å². The van der Waals surface area contributed by atoms with Crippen LogP contribution in [0.5, 0.6) is 5.75 Å². The summed E-state index contributed by atoms with van der Waals surface area (Å²) in [6, 6.07) is 12.7. The number of hydrogen-bond acceptors (Lipinski definition) is 2. The van der Waals surface area contributed by atoms with Crippen LogP contribution in [-0.2, 0) is 12.6 Å². The lowest BCUT2D eigenvalue weighted by molar-refractivity contribution is -0.137. The molecule has 8 heteroatoms. The molecule has 0 atom stereocenters. The molecule has 4 nitrogen and oxygen atoms in total. The van der Waals surface area contributed by atoms with Gasteiger partial charge in [-0.3, -0.25) is 4.99 Å². The number of ether oxygens (including phenoxy) is 1. The summed E-state index contributed by atoms with van der Waals surface area (Å²) in [4.78, 5) is 4.10. The molecule has 0 aliphatic rings. The van der Waals surface area contributed by atoms with Crippen molar-refractivity contribution >= 4 is 29.9 Å². The molecule has 0 amide bonds. The average molecular weight is 517 g/mol. The summed E-state index contributed by atoms with van der Waals surface area (Å²) in [5.41, 5.74) is 0.689. The number of methoxy groups -OCH3 is 1. The summed E-state index contributed by atoms with van der Waals surface area (Å²) in [5.74, 6) is 6.92. The Morgan fingerprint density at radius 1 is 1.10 bits per heavy atom. The summed E-state index contributed by atoms with van der Waals surface area (Å²) in [6.07, 6.45) is -3.62. The molecule has 29 heavy (non-hydrogen) atoms. The zero-order valence-electron chi connectivity index (χ0n) is 16.1. The number of aliphatic imine (C=N–C) groups is 1. The van der Waals surface area contributed by atoms with Crippen LogP contribution in [-0.4, -0.2) is 33.2 Å². The smallest absolute Gasteiger partial charge is 0.416 e. The van der Waals surface area contributed by atoms with E-state index >= 15 is 0 Å². The van der Waals surface area contributed by atoms with E-state index in [1.54, 1.807) is 20.2 Å². The molecule has 0 bridgehead atoms. The summed E-state index contributed by atoms with van der Waals surface area (Å²) in [6.45, 7) is 0.895. The topological polar surface area (TPSA) is 45.7 Å². The van der Waals surface area contributed by atoms with E-state index < -0.39 is 11.7 Å². The Kier molecular flexibility index (Phi) is 10.4. The third-order valence-electron chi connectivity index (χ3n) is 3.87. The molecule has 0 fully saturated rings. The zero-order chi connectivity index (χ0) is 20.4. The Balaban J connectivity index is 0.00000420. The number of nitrogens with one attached hydrogen (secondary N) is 2. The fourth-order valence-electron chi connectivity index (χ4n) is 2.49. The van der Waals surface area contributed by atoms with Gasteiger partial charge in [-0.1, -0.05) is 36.1 Å². The second kappa shape index (κ2) is 12.2. The van der Waals surface area contributed by atoms with Crippen molar-refractivity contribution in [1.29, 1.82) is 0 Å². The number of hydrogen-bond donors (Lipinski definition) is 2. The van der Waals surface area contributed by atoms with Crippen molar-refractivity contribution in [2.75, 3.05) is 27.2 Å². The molecule has 0 spiro atoms. The molecular weight excluding hydrogens is 494 g/mol. The van der Waals surface area contributed by atoms with Crippen LogP contribution in [0.2, 0.25) is 0 Å². The molecule has 0 saturated heterocycles. The monoisotopic (exact) mass is 517 g/mol. The second-order valence-electron chi connectivity index (χ2n) is 5.79. The van der Waals surface area contributed by atoms with Gasteiger partial charge >= 0.3 is 6.18 Å². The maximum Gasteiger partial charge on any atom is 0.416 e.